The third-order valence-corrected chi connectivity index (χ3v) is 4.71. The molecule has 2 aliphatic rings. The molecular weight excluding hydrogens is 266 g/mol. The van der Waals surface area contributed by atoms with Gasteiger partial charge in [0, 0.05) is 13.1 Å². The maximum atomic E-state index is 12.8. The van der Waals surface area contributed by atoms with Crippen LogP contribution in [0.1, 0.15) is 31.4 Å². The van der Waals surface area contributed by atoms with E-state index in [1.165, 1.54) is 0 Å². The predicted octanol–water partition coefficient (Wildman–Crippen LogP) is 1.45. The van der Waals surface area contributed by atoms with Crippen molar-refractivity contribution in [2.75, 3.05) is 26.7 Å². The summed E-state index contributed by atoms with van der Waals surface area (Å²) < 4.78 is 5.34. The van der Waals surface area contributed by atoms with Crippen LogP contribution >= 0.6 is 0 Å². The molecular formula is C16H25N3O2. The zero-order chi connectivity index (χ0) is 14.7. The molecule has 0 aliphatic carbocycles. The van der Waals surface area contributed by atoms with Gasteiger partial charge in [-0.05, 0) is 57.5 Å². The van der Waals surface area contributed by atoms with Crippen LogP contribution in [0.2, 0.25) is 0 Å². The molecule has 0 saturated carbocycles. The summed E-state index contributed by atoms with van der Waals surface area (Å²) >= 11 is 0. The number of carbonyl (C=O) groups excluding carboxylic acids is 1. The number of piperidine rings is 1. The Bertz CT molecular complexity index is 454. The fourth-order valence-corrected chi connectivity index (χ4v) is 3.60. The highest BCUT2D eigenvalue weighted by Crippen LogP contribution is 2.26. The maximum absolute atomic E-state index is 12.8. The SMILES string of the molecule is CN(Cc1ccco1)C(=O)C1CCCN1C1CCNCC1. The molecule has 1 aromatic heterocycles. The van der Waals surface area contributed by atoms with Crippen LogP contribution in [0.25, 0.3) is 0 Å². The lowest BCUT2D eigenvalue weighted by Gasteiger charge is -2.36. The molecule has 21 heavy (non-hydrogen) atoms. The fourth-order valence-electron chi connectivity index (χ4n) is 3.60. The second kappa shape index (κ2) is 6.62. The van der Waals surface area contributed by atoms with Crippen molar-refractivity contribution in [1.29, 1.82) is 0 Å². The lowest BCUT2D eigenvalue weighted by atomic mass is 10.0. The minimum Gasteiger partial charge on any atom is -0.467 e. The zero-order valence-corrected chi connectivity index (χ0v) is 12.8. The van der Waals surface area contributed by atoms with Gasteiger partial charge in [0.2, 0.25) is 5.91 Å². The normalized spacial score (nSPS) is 24.3. The van der Waals surface area contributed by atoms with E-state index in [0.717, 1.165) is 51.1 Å². The topological polar surface area (TPSA) is 48.7 Å². The van der Waals surface area contributed by atoms with E-state index in [1.807, 2.05) is 24.1 Å². The standard InChI is InChI=1S/C16H25N3O2/c1-18(12-14-4-3-11-21-14)16(20)15-5-2-10-19(15)13-6-8-17-9-7-13/h3-4,11,13,15,17H,2,5-10,12H2,1H3. The van der Waals surface area contributed by atoms with Crippen molar-refractivity contribution in [2.45, 2.75) is 44.3 Å². The summed E-state index contributed by atoms with van der Waals surface area (Å²) in [5.74, 6) is 1.08. The Morgan fingerprint density at radius 3 is 2.95 bits per heavy atom. The minimum atomic E-state index is 0.0630. The molecule has 1 N–H and O–H groups in total. The molecule has 2 saturated heterocycles. The van der Waals surface area contributed by atoms with Gasteiger partial charge in [0.25, 0.3) is 0 Å². The van der Waals surface area contributed by atoms with Gasteiger partial charge in [-0.1, -0.05) is 0 Å². The third-order valence-electron chi connectivity index (χ3n) is 4.71. The first-order valence-electron chi connectivity index (χ1n) is 7.99. The lowest BCUT2D eigenvalue weighted by molar-refractivity contribution is -0.136. The van der Waals surface area contributed by atoms with Gasteiger partial charge in [-0.15, -0.1) is 0 Å². The van der Waals surface area contributed by atoms with Gasteiger partial charge in [-0.25, -0.2) is 0 Å². The average Bonchev–Trinajstić information content (AvgIpc) is 3.18. The van der Waals surface area contributed by atoms with Crippen molar-refractivity contribution in [1.82, 2.24) is 15.1 Å². The van der Waals surface area contributed by atoms with E-state index < -0.39 is 0 Å². The number of hydrogen-bond donors (Lipinski definition) is 1. The largest absolute Gasteiger partial charge is 0.467 e. The van der Waals surface area contributed by atoms with Crippen LogP contribution in [0.4, 0.5) is 0 Å². The molecule has 1 unspecified atom stereocenters. The Balaban J connectivity index is 1.62. The fraction of sp³-hybridized carbons (Fsp3) is 0.688. The van der Waals surface area contributed by atoms with Crippen molar-refractivity contribution in [3.63, 3.8) is 0 Å². The van der Waals surface area contributed by atoms with Crippen molar-refractivity contribution >= 4 is 5.91 Å². The molecule has 0 radical (unpaired) electrons. The van der Waals surface area contributed by atoms with Crippen molar-refractivity contribution in [3.8, 4) is 0 Å². The quantitative estimate of drug-likeness (QED) is 0.912. The van der Waals surface area contributed by atoms with E-state index in [4.69, 9.17) is 4.42 Å². The molecule has 0 spiro atoms. The molecule has 3 heterocycles. The molecule has 3 rings (SSSR count). The molecule has 5 heteroatoms. The Morgan fingerprint density at radius 1 is 1.43 bits per heavy atom. The number of rotatable bonds is 4. The van der Waals surface area contributed by atoms with E-state index in [0.29, 0.717) is 12.6 Å². The van der Waals surface area contributed by atoms with Gasteiger partial charge in [-0.2, -0.15) is 0 Å². The number of amides is 1. The molecule has 5 nitrogen and oxygen atoms in total. The van der Waals surface area contributed by atoms with Crippen LogP contribution in [0, 0.1) is 0 Å². The second-order valence-electron chi connectivity index (χ2n) is 6.15. The van der Waals surface area contributed by atoms with Crippen molar-refractivity contribution < 1.29 is 9.21 Å². The first-order chi connectivity index (χ1) is 10.3. The van der Waals surface area contributed by atoms with Gasteiger partial charge >= 0.3 is 0 Å². The summed E-state index contributed by atoms with van der Waals surface area (Å²) in [5, 5.41) is 3.40. The lowest BCUT2D eigenvalue weighted by Crippen LogP contribution is -2.50. The molecule has 0 bridgehead atoms. The van der Waals surface area contributed by atoms with E-state index in [9.17, 15) is 4.79 Å². The molecule has 2 aliphatic heterocycles. The second-order valence-corrected chi connectivity index (χ2v) is 6.15. The van der Waals surface area contributed by atoms with Crippen LogP contribution in [0.3, 0.4) is 0 Å². The molecule has 0 aromatic carbocycles. The number of carbonyl (C=O) groups is 1. The Hall–Kier alpha value is -1.33. The zero-order valence-electron chi connectivity index (χ0n) is 12.8. The smallest absolute Gasteiger partial charge is 0.240 e. The Kier molecular flexibility index (Phi) is 4.60. The minimum absolute atomic E-state index is 0.0630. The number of nitrogens with zero attached hydrogens (tertiary/aromatic N) is 2. The summed E-state index contributed by atoms with van der Waals surface area (Å²) in [5.41, 5.74) is 0. The van der Waals surface area contributed by atoms with Gasteiger partial charge in [-0.3, -0.25) is 9.69 Å². The molecule has 116 valence electrons. The predicted molar refractivity (Wildman–Crippen MR) is 80.8 cm³/mol. The van der Waals surface area contributed by atoms with Gasteiger partial charge in [0.05, 0.1) is 18.8 Å². The Morgan fingerprint density at radius 2 is 2.24 bits per heavy atom. The number of nitrogens with one attached hydrogen (secondary N) is 1. The summed E-state index contributed by atoms with van der Waals surface area (Å²) in [6.45, 7) is 3.77. The van der Waals surface area contributed by atoms with E-state index in [1.54, 1.807) is 6.26 Å². The van der Waals surface area contributed by atoms with Gasteiger partial charge in [0.15, 0.2) is 0 Å². The van der Waals surface area contributed by atoms with Crippen molar-refractivity contribution in [2.24, 2.45) is 0 Å². The number of likely N-dealkylation sites (N-methyl/N-ethyl adjacent to an activating group) is 1. The van der Waals surface area contributed by atoms with Crippen LogP contribution in [0.15, 0.2) is 22.8 Å². The number of hydrogen-bond acceptors (Lipinski definition) is 4. The first kappa shape index (κ1) is 14.6. The molecule has 1 aromatic rings. The van der Waals surface area contributed by atoms with E-state index in [2.05, 4.69) is 10.2 Å². The Labute approximate surface area is 126 Å². The van der Waals surface area contributed by atoms with E-state index in [-0.39, 0.29) is 11.9 Å². The molecule has 1 atom stereocenters. The summed E-state index contributed by atoms with van der Waals surface area (Å²) in [4.78, 5) is 17.0. The maximum Gasteiger partial charge on any atom is 0.240 e. The van der Waals surface area contributed by atoms with Crippen LogP contribution in [-0.4, -0.2) is 54.5 Å². The third kappa shape index (κ3) is 3.30. The average molecular weight is 291 g/mol. The van der Waals surface area contributed by atoms with Gasteiger partial charge in [0.1, 0.15) is 5.76 Å². The summed E-state index contributed by atoms with van der Waals surface area (Å²) in [6, 6.07) is 4.42. The van der Waals surface area contributed by atoms with E-state index >= 15 is 0 Å². The van der Waals surface area contributed by atoms with Gasteiger partial charge < -0.3 is 14.6 Å². The monoisotopic (exact) mass is 291 g/mol. The highest BCUT2D eigenvalue weighted by molar-refractivity contribution is 5.82. The summed E-state index contributed by atoms with van der Waals surface area (Å²) in [6.07, 6.45) is 6.10. The van der Waals surface area contributed by atoms with Crippen molar-refractivity contribution in [3.05, 3.63) is 24.2 Å². The van der Waals surface area contributed by atoms with Crippen LogP contribution < -0.4 is 5.32 Å². The highest BCUT2D eigenvalue weighted by Gasteiger charge is 2.37. The molecule has 2 fully saturated rings. The van der Waals surface area contributed by atoms with Crippen LogP contribution in [0.5, 0.6) is 0 Å². The summed E-state index contributed by atoms with van der Waals surface area (Å²) in [7, 11) is 1.88. The van der Waals surface area contributed by atoms with Crippen LogP contribution in [-0.2, 0) is 11.3 Å². The number of likely N-dealkylation sites (tertiary alicyclic amines) is 1. The highest BCUT2D eigenvalue weighted by atomic mass is 16.3. The number of furan rings is 1. The first-order valence-corrected chi connectivity index (χ1v) is 7.99. The molecule has 1 amide bonds.